The molecule has 0 fully saturated rings. The van der Waals surface area contributed by atoms with Crippen molar-refractivity contribution in [2.75, 3.05) is 6.54 Å². The molecule has 1 heterocycles. The average Bonchev–Trinajstić information content (AvgIpc) is 2.87. The van der Waals surface area contributed by atoms with Crippen LogP contribution in [0.1, 0.15) is 41.3 Å². The van der Waals surface area contributed by atoms with E-state index in [1.165, 1.54) is 22.3 Å². The first-order chi connectivity index (χ1) is 9.72. The minimum atomic E-state index is 0.333. The lowest BCUT2D eigenvalue weighted by Crippen LogP contribution is -2.30. The Morgan fingerprint density at radius 2 is 1.90 bits per heavy atom. The van der Waals surface area contributed by atoms with Crippen LogP contribution >= 0.6 is 0 Å². The second-order valence-corrected chi connectivity index (χ2v) is 5.65. The molecular weight excluding hydrogens is 244 g/mol. The van der Waals surface area contributed by atoms with E-state index >= 15 is 0 Å². The lowest BCUT2D eigenvalue weighted by atomic mass is 10.0. The molecule has 0 aromatic heterocycles. The molecule has 2 unspecified atom stereocenters. The number of hydrogen-bond donors (Lipinski definition) is 1. The Balaban J connectivity index is 1.95. The molecule has 0 saturated heterocycles. The molecule has 2 atom stereocenters. The predicted molar refractivity (Wildman–Crippen MR) is 83.4 cm³/mol. The normalized spacial score (nSPS) is 19.9. The highest BCUT2D eigenvalue weighted by atomic mass is 15.2. The molecule has 0 aliphatic carbocycles. The first kappa shape index (κ1) is 13.3. The standard InChI is InChI=1S/C18H22N2/c1-13-7-6-10-16-17(13)12-20(18(16)11-19)14(2)15-8-4-3-5-9-15/h3-10,14,18H,11-12,19H2,1-2H3. The van der Waals surface area contributed by atoms with Gasteiger partial charge in [0, 0.05) is 25.2 Å². The lowest BCUT2D eigenvalue weighted by Gasteiger charge is -2.30. The Bertz CT molecular complexity index is 592. The van der Waals surface area contributed by atoms with Crippen LogP contribution in [0.5, 0.6) is 0 Å². The highest BCUT2D eigenvalue weighted by molar-refractivity contribution is 5.40. The molecule has 104 valence electrons. The van der Waals surface area contributed by atoms with Gasteiger partial charge in [-0.1, -0.05) is 48.5 Å². The van der Waals surface area contributed by atoms with E-state index in [1.54, 1.807) is 0 Å². The van der Waals surface area contributed by atoms with Gasteiger partial charge >= 0.3 is 0 Å². The fourth-order valence-corrected chi connectivity index (χ4v) is 3.32. The van der Waals surface area contributed by atoms with Crippen molar-refractivity contribution in [2.45, 2.75) is 32.5 Å². The zero-order chi connectivity index (χ0) is 14.1. The maximum absolute atomic E-state index is 6.06. The number of nitrogens with two attached hydrogens (primary N) is 1. The fourth-order valence-electron chi connectivity index (χ4n) is 3.32. The summed E-state index contributed by atoms with van der Waals surface area (Å²) >= 11 is 0. The van der Waals surface area contributed by atoms with Crippen LogP contribution in [-0.4, -0.2) is 11.4 Å². The van der Waals surface area contributed by atoms with Gasteiger partial charge in [0.25, 0.3) is 0 Å². The molecule has 3 rings (SSSR count). The summed E-state index contributed by atoms with van der Waals surface area (Å²) < 4.78 is 0. The SMILES string of the molecule is Cc1cccc2c1CN(C(C)c1ccccc1)C2CN. The Morgan fingerprint density at radius 1 is 1.15 bits per heavy atom. The highest BCUT2D eigenvalue weighted by Crippen LogP contribution is 2.40. The summed E-state index contributed by atoms with van der Waals surface area (Å²) in [5.41, 5.74) is 11.7. The van der Waals surface area contributed by atoms with Crippen LogP contribution in [0.4, 0.5) is 0 Å². The topological polar surface area (TPSA) is 29.3 Å². The summed E-state index contributed by atoms with van der Waals surface area (Å²) in [5.74, 6) is 0. The Hall–Kier alpha value is -1.64. The van der Waals surface area contributed by atoms with Crippen molar-refractivity contribution >= 4 is 0 Å². The molecule has 1 aliphatic heterocycles. The van der Waals surface area contributed by atoms with E-state index in [4.69, 9.17) is 5.73 Å². The molecule has 0 spiro atoms. The van der Waals surface area contributed by atoms with Crippen LogP contribution in [0.25, 0.3) is 0 Å². The van der Waals surface area contributed by atoms with Crippen molar-refractivity contribution < 1.29 is 0 Å². The molecule has 1 aliphatic rings. The van der Waals surface area contributed by atoms with E-state index in [0.29, 0.717) is 18.6 Å². The van der Waals surface area contributed by atoms with Crippen molar-refractivity contribution in [3.8, 4) is 0 Å². The fraction of sp³-hybridized carbons (Fsp3) is 0.333. The Morgan fingerprint density at radius 3 is 2.60 bits per heavy atom. The number of rotatable bonds is 3. The van der Waals surface area contributed by atoms with Gasteiger partial charge in [-0.15, -0.1) is 0 Å². The summed E-state index contributed by atoms with van der Waals surface area (Å²) in [6.07, 6.45) is 0. The van der Waals surface area contributed by atoms with Gasteiger partial charge in [-0.25, -0.2) is 0 Å². The van der Waals surface area contributed by atoms with Gasteiger partial charge in [0.15, 0.2) is 0 Å². The maximum atomic E-state index is 6.06. The van der Waals surface area contributed by atoms with E-state index in [1.807, 2.05) is 0 Å². The smallest absolute Gasteiger partial charge is 0.0483 e. The third-order valence-corrected chi connectivity index (χ3v) is 4.55. The number of aryl methyl sites for hydroxylation is 1. The van der Waals surface area contributed by atoms with Crippen molar-refractivity contribution in [1.82, 2.24) is 4.90 Å². The summed E-state index contributed by atoms with van der Waals surface area (Å²) in [6, 6.07) is 18.0. The van der Waals surface area contributed by atoms with Gasteiger partial charge in [-0.05, 0) is 36.1 Å². The van der Waals surface area contributed by atoms with Crippen molar-refractivity contribution in [1.29, 1.82) is 0 Å². The monoisotopic (exact) mass is 266 g/mol. The van der Waals surface area contributed by atoms with E-state index in [2.05, 4.69) is 67.3 Å². The van der Waals surface area contributed by atoms with E-state index in [9.17, 15) is 0 Å². The van der Waals surface area contributed by atoms with E-state index < -0.39 is 0 Å². The quantitative estimate of drug-likeness (QED) is 0.920. The number of benzene rings is 2. The molecule has 2 nitrogen and oxygen atoms in total. The Labute approximate surface area is 121 Å². The molecule has 0 saturated carbocycles. The minimum Gasteiger partial charge on any atom is -0.329 e. The molecule has 2 aromatic rings. The van der Waals surface area contributed by atoms with Gasteiger partial charge < -0.3 is 5.73 Å². The van der Waals surface area contributed by atoms with Crippen molar-refractivity contribution in [3.63, 3.8) is 0 Å². The second-order valence-electron chi connectivity index (χ2n) is 5.65. The van der Waals surface area contributed by atoms with Crippen LogP contribution in [0.2, 0.25) is 0 Å². The van der Waals surface area contributed by atoms with Crippen LogP contribution in [0.15, 0.2) is 48.5 Å². The van der Waals surface area contributed by atoms with Gasteiger partial charge in [0.1, 0.15) is 0 Å². The van der Waals surface area contributed by atoms with Crippen LogP contribution in [0.3, 0.4) is 0 Å². The molecule has 2 N–H and O–H groups in total. The van der Waals surface area contributed by atoms with Gasteiger partial charge in [-0.2, -0.15) is 0 Å². The van der Waals surface area contributed by atoms with Crippen LogP contribution in [0, 0.1) is 6.92 Å². The van der Waals surface area contributed by atoms with Crippen LogP contribution in [-0.2, 0) is 6.54 Å². The third kappa shape index (κ3) is 2.15. The molecule has 0 bridgehead atoms. The van der Waals surface area contributed by atoms with E-state index in [-0.39, 0.29) is 0 Å². The summed E-state index contributed by atoms with van der Waals surface area (Å²) in [4.78, 5) is 2.52. The third-order valence-electron chi connectivity index (χ3n) is 4.55. The number of hydrogen-bond acceptors (Lipinski definition) is 2. The van der Waals surface area contributed by atoms with Gasteiger partial charge in [0.2, 0.25) is 0 Å². The molecule has 0 radical (unpaired) electrons. The molecule has 2 aromatic carbocycles. The summed E-state index contributed by atoms with van der Waals surface area (Å²) in [6.45, 7) is 6.15. The molecule has 0 amide bonds. The summed E-state index contributed by atoms with van der Waals surface area (Å²) in [5, 5.41) is 0. The molecule has 20 heavy (non-hydrogen) atoms. The zero-order valence-corrected chi connectivity index (χ0v) is 12.2. The Kier molecular flexibility index (Phi) is 3.60. The minimum absolute atomic E-state index is 0.333. The first-order valence-corrected chi connectivity index (χ1v) is 7.31. The summed E-state index contributed by atoms with van der Waals surface area (Å²) in [7, 11) is 0. The lowest BCUT2D eigenvalue weighted by molar-refractivity contribution is 0.161. The highest BCUT2D eigenvalue weighted by Gasteiger charge is 2.33. The predicted octanol–water partition coefficient (Wildman–Crippen LogP) is 3.57. The second kappa shape index (κ2) is 5.39. The number of fused-ring (bicyclic) bond motifs is 1. The zero-order valence-electron chi connectivity index (χ0n) is 12.2. The first-order valence-electron chi connectivity index (χ1n) is 7.31. The van der Waals surface area contributed by atoms with Crippen LogP contribution < -0.4 is 5.73 Å². The van der Waals surface area contributed by atoms with Crippen molar-refractivity contribution in [3.05, 3.63) is 70.8 Å². The average molecular weight is 266 g/mol. The largest absolute Gasteiger partial charge is 0.329 e. The number of nitrogens with zero attached hydrogens (tertiary/aromatic N) is 1. The van der Waals surface area contributed by atoms with E-state index in [0.717, 1.165) is 6.54 Å². The molecular formula is C18H22N2. The van der Waals surface area contributed by atoms with Gasteiger partial charge in [0.05, 0.1) is 0 Å². The van der Waals surface area contributed by atoms with Crippen molar-refractivity contribution in [2.24, 2.45) is 5.73 Å². The molecule has 2 heteroatoms. The van der Waals surface area contributed by atoms with Gasteiger partial charge in [-0.3, -0.25) is 4.90 Å². The maximum Gasteiger partial charge on any atom is 0.0483 e.